The maximum Gasteiger partial charge on any atom is 0.272 e. The van der Waals surface area contributed by atoms with E-state index in [-0.39, 0.29) is 16.9 Å². The summed E-state index contributed by atoms with van der Waals surface area (Å²) < 4.78 is 29.8. The molecule has 0 aromatic heterocycles. The summed E-state index contributed by atoms with van der Waals surface area (Å²) in [6.07, 6.45) is 0. The quantitative estimate of drug-likeness (QED) is 0.759. The minimum atomic E-state index is -3.84. The van der Waals surface area contributed by atoms with E-state index in [0.29, 0.717) is 5.75 Å². The predicted molar refractivity (Wildman–Crippen MR) is 100 cm³/mol. The van der Waals surface area contributed by atoms with Crippen molar-refractivity contribution >= 4 is 15.9 Å². The third-order valence-corrected chi connectivity index (χ3v) is 5.01. The summed E-state index contributed by atoms with van der Waals surface area (Å²) in [5.74, 6) is -0.0631. The molecule has 26 heavy (non-hydrogen) atoms. The fraction of sp³-hybridized carbons (Fsp3) is 0.316. The van der Waals surface area contributed by atoms with E-state index in [1.165, 1.54) is 12.1 Å². The second kappa shape index (κ2) is 7.88. The summed E-state index contributed by atoms with van der Waals surface area (Å²) >= 11 is 0. The molecule has 0 aliphatic carbocycles. The average molecular weight is 376 g/mol. The largest absolute Gasteiger partial charge is 0.484 e. The highest BCUT2D eigenvalue weighted by Gasteiger charge is 2.18. The van der Waals surface area contributed by atoms with Crippen LogP contribution >= 0.6 is 0 Å². The Balaban J connectivity index is 1.90. The molecule has 6 nitrogen and oxygen atoms in total. The number of sulfonamides is 1. The van der Waals surface area contributed by atoms with Crippen LogP contribution in [0.3, 0.4) is 0 Å². The van der Waals surface area contributed by atoms with Gasteiger partial charge in [0.05, 0.1) is 4.90 Å². The molecule has 2 rings (SSSR count). The van der Waals surface area contributed by atoms with Gasteiger partial charge < -0.3 is 4.74 Å². The van der Waals surface area contributed by atoms with E-state index in [1.54, 1.807) is 24.3 Å². The average Bonchev–Trinajstić information content (AvgIpc) is 2.59. The number of hydrogen-bond acceptors (Lipinski definition) is 4. The molecule has 140 valence electrons. The summed E-state index contributed by atoms with van der Waals surface area (Å²) in [6.45, 7) is 7.78. The lowest BCUT2D eigenvalue weighted by atomic mass is 9.87. The number of rotatable bonds is 6. The van der Waals surface area contributed by atoms with E-state index in [2.05, 4.69) is 10.3 Å². The van der Waals surface area contributed by atoms with E-state index in [1.807, 2.05) is 39.8 Å². The molecule has 2 aromatic rings. The highest BCUT2D eigenvalue weighted by Crippen LogP contribution is 2.23. The van der Waals surface area contributed by atoms with Crippen molar-refractivity contribution in [3.05, 3.63) is 59.7 Å². The number of hydrogen-bond donors (Lipinski definition) is 2. The van der Waals surface area contributed by atoms with E-state index in [4.69, 9.17) is 4.74 Å². The number of carbonyl (C=O) groups excluding carboxylic acids is 1. The first-order chi connectivity index (χ1) is 12.1. The van der Waals surface area contributed by atoms with Gasteiger partial charge in [0.2, 0.25) is 0 Å². The molecule has 0 bridgehead atoms. The summed E-state index contributed by atoms with van der Waals surface area (Å²) in [6, 6.07) is 13.7. The number of ether oxygens (including phenoxy) is 1. The first-order valence-corrected chi connectivity index (χ1v) is 9.67. The predicted octanol–water partition coefficient (Wildman–Crippen LogP) is 2.68. The van der Waals surface area contributed by atoms with Crippen LogP contribution in [0.25, 0.3) is 0 Å². The zero-order valence-corrected chi connectivity index (χ0v) is 16.2. The van der Waals surface area contributed by atoms with Crippen LogP contribution in [0.4, 0.5) is 0 Å². The third kappa shape index (κ3) is 5.57. The first kappa shape index (κ1) is 19.9. The Morgan fingerprint density at radius 3 is 2.12 bits per heavy atom. The molecule has 0 fully saturated rings. The number of nitrogens with one attached hydrogen (secondary N) is 2. The van der Waals surface area contributed by atoms with Crippen molar-refractivity contribution in [2.24, 2.45) is 0 Å². The second-order valence-corrected chi connectivity index (χ2v) is 8.71. The van der Waals surface area contributed by atoms with Crippen molar-refractivity contribution in [2.45, 2.75) is 38.0 Å². The highest BCUT2D eigenvalue weighted by molar-refractivity contribution is 7.89. The lowest BCUT2D eigenvalue weighted by Gasteiger charge is -2.19. The Hall–Kier alpha value is -2.38. The summed E-state index contributed by atoms with van der Waals surface area (Å²) in [4.78, 5) is 13.9. The molecule has 2 aromatic carbocycles. The van der Waals surface area contributed by atoms with Crippen LogP contribution in [0, 0.1) is 6.92 Å². The van der Waals surface area contributed by atoms with Gasteiger partial charge in [0.1, 0.15) is 5.75 Å². The summed E-state index contributed by atoms with van der Waals surface area (Å²) in [5.41, 5.74) is 4.17. The van der Waals surface area contributed by atoms with Gasteiger partial charge in [0.25, 0.3) is 15.9 Å². The lowest BCUT2D eigenvalue weighted by molar-refractivity contribution is -0.123. The van der Waals surface area contributed by atoms with Gasteiger partial charge in [0.15, 0.2) is 6.61 Å². The minimum absolute atomic E-state index is 0.0722. The van der Waals surface area contributed by atoms with Crippen LogP contribution in [-0.2, 0) is 20.2 Å². The smallest absolute Gasteiger partial charge is 0.272 e. The molecule has 7 heteroatoms. The number of amides is 1. The Labute approximate surface area is 154 Å². The maximum atomic E-state index is 12.2. The molecule has 0 aliphatic rings. The van der Waals surface area contributed by atoms with Crippen molar-refractivity contribution in [3.63, 3.8) is 0 Å². The molecule has 0 unspecified atom stereocenters. The van der Waals surface area contributed by atoms with E-state index < -0.39 is 15.9 Å². The van der Waals surface area contributed by atoms with Gasteiger partial charge in [-0.25, -0.2) is 8.42 Å². The Morgan fingerprint density at radius 1 is 1.00 bits per heavy atom. The monoisotopic (exact) mass is 376 g/mol. The molecular formula is C19H24N2O4S. The zero-order valence-electron chi connectivity index (χ0n) is 15.4. The van der Waals surface area contributed by atoms with Crippen molar-refractivity contribution in [2.75, 3.05) is 6.61 Å². The molecule has 0 radical (unpaired) electrons. The standard InChI is InChI=1S/C19H24N2O4S/c1-14-5-9-16(10-6-14)25-13-18(22)20-21-26(23,24)17-11-7-15(8-12-17)19(2,3)4/h5-12,21H,13H2,1-4H3,(H,20,22). The van der Waals surface area contributed by atoms with Crippen LogP contribution in [0.1, 0.15) is 31.9 Å². The van der Waals surface area contributed by atoms with Crippen molar-refractivity contribution in [3.8, 4) is 5.75 Å². The lowest BCUT2D eigenvalue weighted by Crippen LogP contribution is -2.43. The van der Waals surface area contributed by atoms with Gasteiger partial charge in [-0.3, -0.25) is 10.2 Å². The maximum absolute atomic E-state index is 12.2. The molecule has 0 aliphatic heterocycles. The number of carbonyl (C=O) groups is 1. The molecule has 0 saturated heterocycles. The van der Waals surface area contributed by atoms with E-state index in [9.17, 15) is 13.2 Å². The van der Waals surface area contributed by atoms with E-state index in [0.717, 1.165) is 11.1 Å². The van der Waals surface area contributed by atoms with Gasteiger partial charge in [0, 0.05) is 0 Å². The van der Waals surface area contributed by atoms with Crippen molar-refractivity contribution in [1.29, 1.82) is 0 Å². The van der Waals surface area contributed by atoms with Crippen molar-refractivity contribution < 1.29 is 17.9 Å². The zero-order chi connectivity index (χ0) is 19.4. The first-order valence-electron chi connectivity index (χ1n) is 8.18. The molecule has 2 N–H and O–H groups in total. The topological polar surface area (TPSA) is 84.5 Å². The number of hydrazine groups is 1. The molecule has 0 spiro atoms. The number of aryl methyl sites for hydroxylation is 1. The van der Waals surface area contributed by atoms with Crippen molar-refractivity contribution in [1.82, 2.24) is 10.3 Å². The van der Waals surface area contributed by atoms with Gasteiger partial charge in [-0.2, -0.15) is 0 Å². The van der Waals surface area contributed by atoms with Crippen LogP contribution < -0.4 is 15.0 Å². The highest BCUT2D eigenvalue weighted by atomic mass is 32.2. The fourth-order valence-corrected chi connectivity index (χ4v) is 3.00. The molecule has 0 heterocycles. The Morgan fingerprint density at radius 2 is 1.58 bits per heavy atom. The van der Waals surface area contributed by atoms with E-state index >= 15 is 0 Å². The molecule has 1 amide bonds. The normalized spacial score (nSPS) is 11.8. The van der Waals surface area contributed by atoms with Crippen LogP contribution in [-0.4, -0.2) is 20.9 Å². The minimum Gasteiger partial charge on any atom is -0.484 e. The van der Waals surface area contributed by atoms with Crippen LogP contribution in [0.15, 0.2) is 53.4 Å². The van der Waals surface area contributed by atoms with Crippen LogP contribution in [0.2, 0.25) is 0 Å². The SMILES string of the molecule is Cc1ccc(OCC(=O)NNS(=O)(=O)c2ccc(C(C)(C)C)cc2)cc1. The van der Waals surface area contributed by atoms with Gasteiger partial charge in [-0.1, -0.05) is 50.6 Å². The Bertz CT molecular complexity index is 852. The summed E-state index contributed by atoms with van der Waals surface area (Å²) in [5, 5.41) is 0. The second-order valence-electron chi connectivity index (χ2n) is 7.03. The molecule has 0 atom stereocenters. The summed E-state index contributed by atoms with van der Waals surface area (Å²) in [7, 11) is -3.84. The molecule has 0 saturated carbocycles. The fourth-order valence-electron chi connectivity index (χ4n) is 2.14. The van der Waals surface area contributed by atoms with Crippen LogP contribution in [0.5, 0.6) is 5.75 Å². The molecular weight excluding hydrogens is 352 g/mol. The number of benzene rings is 2. The van der Waals surface area contributed by atoms with Gasteiger partial charge in [-0.05, 0) is 42.2 Å². The van der Waals surface area contributed by atoms with Gasteiger partial charge in [-0.15, -0.1) is 4.83 Å². The Kier molecular flexibility index (Phi) is 6.05. The van der Waals surface area contributed by atoms with Gasteiger partial charge >= 0.3 is 0 Å². The third-order valence-electron chi connectivity index (χ3n) is 3.75.